The van der Waals surface area contributed by atoms with Crippen LogP contribution in [0.2, 0.25) is 0 Å². The number of carbonyl (C=O) groups excluding carboxylic acids is 1. The van der Waals surface area contributed by atoms with Crippen LogP contribution >= 0.6 is 11.3 Å². The fourth-order valence-electron chi connectivity index (χ4n) is 3.67. The third kappa shape index (κ3) is 3.05. The molecule has 2 saturated heterocycles. The SMILES string of the molecule is O=C(C1CN(c2nc3c(F)cccc3s2)C1)N1CCN(c2ncccn2)CC1. The van der Waals surface area contributed by atoms with Crippen LogP contribution in [0.1, 0.15) is 0 Å². The van der Waals surface area contributed by atoms with Crippen LogP contribution in [0.5, 0.6) is 0 Å². The second kappa shape index (κ2) is 6.97. The molecule has 2 aliphatic heterocycles. The molecule has 5 rings (SSSR count). The standard InChI is InChI=1S/C19H19FN6OS/c20-14-3-1-4-15-16(14)23-19(28-15)26-11-13(12-26)17(27)24-7-9-25(10-8-24)18-21-5-2-6-22-18/h1-6,13H,7-12H2. The number of piperazine rings is 1. The van der Waals surface area contributed by atoms with E-state index in [1.807, 2.05) is 11.0 Å². The summed E-state index contributed by atoms with van der Waals surface area (Å²) in [5, 5.41) is 0.787. The van der Waals surface area contributed by atoms with E-state index in [4.69, 9.17) is 0 Å². The molecule has 2 fully saturated rings. The maximum absolute atomic E-state index is 13.8. The van der Waals surface area contributed by atoms with Gasteiger partial charge in [-0.05, 0) is 18.2 Å². The highest BCUT2D eigenvalue weighted by Gasteiger charge is 2.37. The molecule has 0 bridgehead atoms. The van der Waals surface area contributed by atoms with Crippen molar-refractivity contribution in [2.75, 3.05) is 49.1 Å². The second-order valence-electron chi connectivity index (χ2n) is 7.05. The van der Waals surface area contributed by atoms with Gasteiger partial charge in [0.2, 0.25) is 11.9 Å². The highest BCUT2D eigenvalue weighted by atomic mass is 32.1. The van der Waals surface area contributed by atoms with E-state index in [0.29, 0.717) is 37.6 Å². The Morgan fingerprint density at radius 1 is 1.04 bits per heavy atom. The molecule has 1 amide bonds. The summed E-state index contributed by atoms with van der Waals surface area (Å²) in [6, 6.07) is 6.79. The predicted octanol–water partition coefficient (Wildman–Crippen LogP) is 2.01. The van der Waals surface area contributed by atoms with E-state index in [9.17, 15) is 9.18 Å². The highest BCUT2D eigenvalue weighted by molar-refractivity contribution is 7.22. The molecule has 1 aromatic carbocycles. The normalized spacial score (nSPS) is 17.8. The molecule has 2 aliphatic rings. The van der Waals surface area contributed by atoms with Crippen molar-refractivity contribution >= 4 is 38.5 Å². The molecular formula is C19H19FN6OS. The van der Waals surface area contributed by atoms with Crippen molar-refractivity contribution in [1.29, 1.82) is 0 Å². The van der Waals surface area contributed by atoms with Gasteiger partial charge in [0.05, 0.1) is 10.6 Å². The molecular weight excluding hydrogens is 379 g/mol. The van der Waals surface area contributed by atoms with Gasteiger partial charge in [-0.3, -0.25) is 4.79 Å². The Hall–Kier alpha value is -2.81. The number of amides is 1. The van der Waals surface area contributed by atoms with E-state index in [1.54, 1.807) is 24.5 Å². The number of nitrogens with zero attached hydrogens (tertiary/aromatic N) is 6. The Balaban J connectivity index is 1.17. The second-order valence-corrected chi connectivity index (χ2v) is 8.06. The maximum Gasteiger partial charge on any atom is 0.229 e. The van der Waals surface area contributed by atoms with Crippen molar-refractivity contribution in [2.45, 2.75) is 0 Å². The van der Waals surface area contributed by atoms with E-state index in [-0.39, 0.29) is 17.6 Å². The Morgan fingerprint density at radius 2 is 1.79 bits per heavy atom. The fourth-order valence-corrected chi connectivity index (χ4v) is 4.67. The lowest BCUT2D eigenvalue weighted by atomic mass is 9.99. The van der Waals surface area contributed by atoms with Crippen LogP contribution < -0.4 is 9.80 Å². The summed E-state index contributed by atoms with van der Waals surface area (Å²) in [5.41, 5.74) is 0.413. The average Bonchev–Trinajstić information content (AvgIpc) is 3.13. The summed E-state index contributed by atoms with van der Waals surface area (Å²) in [7, 11) is 0. The zero-order valence-corrected chi connectivity index (χ0v) is 16.0. The highest BCUT2D eigenvalue weighted by Crippen LogP contribution is 2.34. The van der Waals surface area contributed by atoms with Gasteiger partial charge in [0.1, 0.15) is 11.3 Å². The number of fused-ring (bicyclic) bond motifs is 1. The van der Waals surface area contributed by atoms with Gasteiger partial charge in [0.25, 0.3) is 0 Å². The van der Waals surface area contributed by atoms with Crippen LogP contribution in [-0.4, -0.2) is 65.0 Å². The lowest BCUT2D eigenvalue weighted by Crippen LogP contribution is -2.58. The van der Waals surface area contributed by atoms with Crippen molar-refractivity contribution in [1.82, 2.24) is 19.9 Å². The molecule has 0 atom stereocenters. The van der Waals surface area contributed by atoms with Crippen LogP contribution in [0.15, 0.2) is 36.7 Å². The number of halogens is 1. The van der Waals surface area contributed by atoms with Crippen LogP contribution in [0, 0.1) is 11.7 Å². The number of anilines is 2. The Bertz CT molecular complexity index is 998. The topological polar surface area (TPSA) is 65.5 Å². The molecule has 0 unspecified atom stereocenters. The number of benzene rings is 1. The largest absolute Gasteiger partial charge is 0.346 e. The van der Waals surface area contributed by atoms with Crippen molar-refractivity contribution in [3.05, 3.63) is 42.5 Å². The number of para-hydroxylation sites is 1. The lowest BCUT2D eigenvalue weighted by Gasteiger charge is -2.42. The van der Waals surface area contributed by atoms with E-state index in [2.05, 4.69) is 24.8 Å². The zero-order chi connectivity index (χ0) is 19.1. The first kappa shape index (κ1) is 17.3. The van der Waals surface area contributed by atoms with Crippen molar-refractivity contribution in [3.8, 4) is 0 Å². The van der Waals surface area contributed by atoms with Gasteiger partial charge >= 0.3 is 0 Å². The molecule has 144 valence electrons. The number of rotatable bonds is 3. The van der Waals surface area contributed by atoms with E-state index in [0.717, 1.165) is 22.9 Å². The first-order valence-electron chi connectivity index (χ1n) is 9.30. The number of aromatic nitrogens is 3. The van der Waals surface area contributed by atoms with Gasteiger partial charge in [-0.1, -0.05) is 17.4 Å². The van der Waals surface area contributed by atoms with E-state index < -0.39 is 0 Å². The Kier molecular flexibility index (Phi) is 4.31. The van der Waals surface area contributed by atoms with Gasteiger partial charge in [-0.25, -0.2) is 19.3 Å². The smallest absolute Gasteiger partial charge is 0.229 e. The summed E-state index contributed by atoms with van der Waals surface area (Å²) in [4.78, 5) is 31.8. The molecule has 9 heteroatoms. The molecule has 4 heterocycles. The number of hydrogen-bond acceptors (Lipinski definition) is 7. The molecule has 0 saturated carbocycles. The Labute approximate surface area is 165 Å². The van der Waals surface area contributed by atoms with Crippen LogP contribution in [0.3, 0.4) is 0 Å². The van der Waals surface area contributed by atoms with Gasteiger partial charge < -0.3 is 14.7 Å². The third-order valence-corrected chi connectivity index (χ3v) is 6.37. The van der Waals surface area contributed by atoms with Crippen molar-refractivity contribution in [2.24, 2.45) is 5.92 Å². The number of thiazole rings is 1. The minimum atomic E-state index is -0.298. The van der Waals surface area contributed by atoms with Crippen LogP contribution in [-0.2, 0) is 4.79 Å². The van der Waals surface area contributed by atoms with Gasteiger partial charge in [0, 0.05) is 51.7 Å². The average molecular weight is 398 g/mol. The molecule has 28 heavy (non-hydrogen) atoms. The first-order valence-corrected chi connectivity index (χ1v) is 10.1. The summed E-state index contributed by atoms with van der Waals surface area (Å²) in [5.74, 6) is 0.592. The lowest BCUT2D eigenvalue weighted by molar-refractivity contribution is -0.136. The van der Waals surface area contributed by atoms with Gasteiger partial charge in [-0.2, -0.15) is 0 Å². The molecule has 3 aromatic rings. The van der Waals surface area contributed by atoms with Crippen molar-refractivity contribution in [3.63, 3.8) is 0 Å². The molecule has 0 spiro atoms. The summed E-state index contributed by atoms with van der Waals surface area (Å²) in [6.07, 6.45) is 3.47. The van der Waals surface area contributed by atoms with E-state index >= 15 is 0 Å². The van der Waals surface area contributed by atoms with E-state index in [1.165, 1.54) is 17.4 Å². The molecule has 0 radical (unpaired) electrons. The number of carbonyl (C=O) groups is 1. The van der Waals surface area contributed by atoms with Crippen molar-refractivity contribution < 1.29 is 9.18 Å². The maximum atomic E-state index is 13.8. The van der Waals surface area contributed by atoms with Crippen LogP contribution in [0.25, 0.3) is 10.2 Å². The summed E-state index contributed by atoms with van der Waals surface area (Å²) < 4.78 is 14.7. The zero-order valence-electron chi connectivity index (χ0n) is 15.2. The molecule has 7 nitrogen and oxygen atoms in total. The molecule has 2 aromatic heterocycles. The van der Waals surface area contributed by atoms with Gasteiger partial charge in [0.15, 0.2) is 5.13 Å². The minimum absolute atomic E-state index is 0.0172. The minimum Gasteiger partial charge on any atom is -0.346 e. The monoisotopic (exact) mass is 398 g/mol. The molecule has 0 aliphatic carbocycles. The third-order valence-electron chi connectivity index (χ3n) is 5.29. The number of hydrogen-bond donors (Lipinski definition) is 0. The fraction of sp³-hybridized carbons (Fsp3) is 0.368. The quantitative estimate of drug-likeness (QED) is 0.673. The summed E-state index contributed by atoms with van der Waals surface area (Å²) >= 11 is 1.47. The first-order chi connectivity index (χ1) is 13.7. The predicted molar refractivity (Wildman–Crippen MR) is 106 cm³/mol. The molecule has 0 N–H and O–H groups in total. The van der Waals surface area contributed by atoms with Gasteiger partial charge in [-0.15, -0.1) is 0 Å². The van der Waals surface area contributed by atoms with Crippen LogP contribution in [0.4, 0.5) is 15.5 Å². The Morgan fingerprint density at radius 3 is 2.50 bits per heavy atom. The summed E-state index contributed by atoms with van der Waals surface area (Å²) in [6.45, 7) is 4.12.